The molecule has 34 heavy (non-hydrogen) atoms. The topological polar surface area (TPSA) is 91.0 Å². The third kappa shape index (κ3) is 7.23. The van der Waals surface area contributed by atoms with E-state index in [2.05, 4.69) is 29.4 Å². The lowest BCUT2D eigenvalue weighted by Gasteiger charge is -2.31. The Hall–Kier alpha value is -2.53. The minimum absolute atomic E-state index is 0.116. The van der Waals surface area contributed by atoms with Gasteiger partial charge < -0.3 is 15.0 Å². The highest BCUT2D eigenvalue weighted by Gasteiger charge is 2.27. The molecule has 3 rings (SSSR count). The average molecular weight is 505 g/mol. The number of hydrogen-bond donors (Lipinski definition) is 2. The van der Waals surface area contributed by atoms with Crippen LogP contribution in [0.2, 0.25) is 0 Å². The van der Waals surface area contributed by atoms with Gasteiger partial charge in [-0.3, -0.25) is 10.1 Å². The molecule has 184 valence electrons. The normalized spacial score (nSPS) is 15.2. The molecule has 2 aromatic carbocycles. The first-order chi connectivity index (χ1) is 16.1. The maximum atomic E-state index is 12.9. The highest BCUT2D eigenvalue weighted by Crippen LogP contribution is 2.20. The molecule has 1 aliphatic heterocycles. The van der Waals surface area contributed by atoms with E-state index in [4.69, 9.17) is 17.0 Å². The SMILES string of the molecule is CC(C)CCOc1cccc(C(=O)NC(=S)Nc2ccc(S(=O)(=O)N3CCN(C)CC3)cc2)c1. The van der Waals surface area contributed by atoms with Gasteiger partial charge in [-0.2, -0.15) is 4.31 Å². The molecule has 0 radical (unpaired) electrons. The molecule has 1 amide bonds. The van der Waals surface area contributed by atoms with E-state index < -0.39 is 10.0 Å². The number of amides is 1. The molecule has 1 heterocycles. The Morgan fingerprint density at radius 2 is 1.76 bits per heavy atom. The second kappa shape index (κ2) is 11.7. The first-order valence-electron chi connectivity index (χ1n) is 11.3. The molecular weight excluding hydrogens is 472 g/mol. The summed E-state index contributed by atoms with van der Waals surface area (Å²) in [6.07, 6.45) is 0.930. The van der Waals surface area contributed by atoms with Crippen LogP contribution in [0.4, 0.5) is 5.69 Å². The van der Waals surface area contributed by atoms with Gasteiger partial charge in [-0.25, -0.2) is 8.42 Å². The van der Waals surface area contributed by atoms with Crippen LogP contribution in [0.25, 0.3) is 0 Å². The number of carbonyl (C=O) groups excluding carboxylic acids is 1. The van der Waals surface area contributed by atoms with Crippen molar-refractivity contribution in [3.63, 3.8) is 0 Å². The summed E-state index contributed by atoms with van der Waals surface area (Å²) in [6.45, 7) is 7.20. The largest absolute Gasteiger partial charge is 0.494 e. The zero-order valence-electron chi connectivity index (χ0n) is 19.8. The number of hydrogen-bond acceptors (Lipinski definition) is 6. The van der Waals surface area contributed by atoms with Gasteiger partial charge in [0.25, 0.3) is 5.91 Å². The van der Waals surface area contributed by atoms with Crippen LogP contribution >= 0.6 is 12.2 Å². The monoisotopic (exact) mass is 504 g/mol. The lowest BCUT2D eigenvalue weighted by molar-refractivity contribution is 0.0977. The van der Waals surface area contributed by atoms with Gasteiger partial charge in [0, 0.05) is 37.4 Å². The van der Waals surface area contributed by atoms with Gasteiger partial charge >= 0.3 is 0 Å². The standard InChI is InChI=1S/C24H32N4O4S2/c1-18(2)11-16-32-21-6-4-5-19(17-21)23(29)26-24(33)25-20-7-9-22(10-8-20)34(30,31)28-14-12-27(3)13-15-28/h4-10,17-18H,11-16H2,1-3H3,(H2,25,26,29,33). The number of nitrogens with one attached hydrogen (secondary N) is 2. The molecule has 0 aliphatic carbocycles. The van der Waals surface area contributed by atoms with Crippen LogP contribution in [-0.4, -0.2) is 68.5 Å². The highest BCUT2D eigenvalue weighted by molar-refractivity contribution is 7.89. The van der Waals surface area contributed by atoms with Gasteiger partial charge in [0.2, 0.25) is 10.0 Å². The second-order valence-corrected chi connectivity index (χ2v) is 11.0. The Labute approximate surface area is 207 Å². The van der Waals surface area contributed by atoms with E-state index in [1.165, 1.54) is 4.31 Å². The lowest BCUT2D eigenvalue weighted by Crippen LogP contribution is -2.46. The minimum Gasteiger partial charge on any atom is -0.494 e. The Kier molecular flexibility index (Phi) is 9.01. The van der Waals surface area contributed by atoms with E-state index in [0.717, 1.165) is 6.42 Å². The van der Waals surface area contributed by atoms with Crippen molar-refractivity contribution in [3.8, 4) is 5.75 Å². The van der Waals surface area contributed by atoms with Crippen molar-refractivity contribution >= 4 is 38.9 Å². The van der Waals surface area contributed by atoms with Crippen molar-refractivity contribution in [3.05, 3.63) is 54.1 Å². The third-order valence-corrected chi connectivity index (χ3v) is 7.62. The number of sulfonamides is 1. The molecule has 8 nitrogen and oxygen atoms in total. The van der Waals surface area contributed by atoms with E-state index >= 15 is 0 Å². The fourth-order valence-corrected chi connectivity index (χ4v) is 5.00. The van der Waals surface area contributed by atoms with Crippen LogP contribution in [0.15, 0.2) is 53.4 Å². The first-order valence-corrected chi connectivity index (χ1v) is 13.1. The van der Waals surface area contributed by atoms with Crippen LogP contribution in [0.5, 0.6) is 5.75 Å². The van der Waals surface area contributed by atoms with E-state index in [1.807, 2.05) is 13.1 Å². The molecule has 0 spiro atoms. The predicted octanol–water partition coefficient (Wildman–Crippen LogP) is 3.17. The zero-order chi connectivity index (χ0) is 24.7. The van der Waals surface area contributed by atoms with E-state index in [-0.39, 0.29) is 15.9 Å². The van der Waals surface area contributed by atoms with Gasteiger partial charge in [-0.15, -0.1) is 0 Å². The second-order valence-electron chi connectivity index (χ2n) is 8.70. The van der Waals surface area contributed by atoms with E-state index in [0.29, 0.717) is 55.7 Å². The molecular formula is C24H32N4O4S2. The predicted molar refractivity (Wildman–Crippen MR) is 138 cm³/mol. The molecule has 0 saturated carbocycles. The molecule has 0 unspecified atom stereocenters. The molecule has 1 aliphatic rings. The summed E-state index contributed by atoms with van der Waals surface area (Å²) >= 11 is 5.26. The summed E-state index contributed by atoms with van der Waals surface area (Å²) in [6, 6.07) is 13.3. The molecule has 0 aromatic heterocycles. The molecule has 0 bridgehead atoms. The smallest absolute Gasteiger partial charge is 0.257 e. The van der Waals surface area contributed by atoms with Gasteiger partial charge in [0.1, 0.15) is 5.75 Å². The molecule has 1 fully saturated rings. The number of ether oxygens (including phenoxy) is 1. The number of piperazine rings is 1. The van der Waals surface area contributed by atoms with Crippen molar-refractivity contribution in [1.82, 2.24) is 14.5 Å². The first kappa shape index (κ1) is 26.1. The van der Waals surface area contributed by atoms with Crippen molar-refractivity contribution in [2.45, 2.75) is 25.2 Å². The summed E-state index contributed by atoms with van der Waals surface area (Å²) in [5, 5.41) is 5.68. The van der Waals surface area contributed by atoms with Crippen molar-refractivity contribution < 1.29 is 17.9 Å². The minimum atomic E-state index is -3.54. The maximum absolute atomic E-state index is 12.9. The number of benzene rings is 2. The third-order valence-electron chi connectivity index (χ3n) is 5.50. The Balaban J connectivity index is 1.55. The summed E-state index contributed by atoms with van der Waals surface area (Å²) in [4.78, 5) is 14.9. The van der Waals surface area contributed by atoms with Gasteiger partial charge in [-0.05, 0) is 74.1 Å². The fraction of sp³-hybridized carbons (Fsp3) is 0.417. The fourth-order valence-electron chi connectivity index (χ4n) is 3.36. The number of carbonyl (C=O) groups is 1. The van der Waals surface area contributed by atoms with E-state index in [9.17, 15) is 13.2 Å². The zero-order valence-corrected chi connectivity index (χ0v) is 21.4. The lowest BCUT2D eigenvalue weighted by atomic mass is 10.1. The highest BCUT2D eigenvalue weighted by atomic mass is 32.2. The molecule has 10 heteroatoms. The molecule has 2 aromatic rings. The number of nitrogens with zero attached hydrogens (tertiary/aromatic N) is 2. The number of rotatable bonds is 8. The van der Waals surface area contributed by atoms with Crippen molar-refractivity contribution in [2.75, 3.05) is 45.2 Å². The summed E-state index contributed by atoms with van der Waals surface area (Å²) < 4.78 is 32.9. The number of anilines is 1. The Bertz CT molecular complexity index is 1100. The van der Waals surface area contributed by atoms with Crippen LogP contribution in [0.1, 0.15) is 30.6 Å². The van der Waals surface area contributed by atoms with Crippen molar-refractivity contribution in [2.24, 2.45) is 5.92 Å². The van der Waals surface area contributed by atoms with Crippen LogP contribution in [0, 0.1) is 5.92 Å². The Morgan fingerprint density at radius 3 is 2.41 bits per heavy atom. The van der Waals surface area contributed by atoms with E-state index in [1.54, 1.807) is 42.5 Å². The summed E-state index contributed by atoms with van der Waals surface area (Å²) in [5.74, 6) is 0.807. The number of likely N-dealkylation sites (N-methyl/N-ethyl adjacent to an activating group) is 1. The van der Waals surface area contributed by atoms with Crippen LogP contribution < -0.4 is 15.4 Å². The van der Waals surface area contributed by atoms with Gasteiger partial charge in [0.05, 0.1) is 11.5 Å². The van der Waals surface area contributed by atoms with Gasteiger partial charge in [-0.1, -0.05) is 19.9 Å². The quantitative estimate of drug-likeness (QED) is 0.534. The van der Waals surface area contributed by atoms with Crippen LogP contribution in [-0.2, 0) is 10.0 Å². The molecule has 1 saturated heterocycles. The number of thiocarbonyl (C=S) groups is 1. The van der Waals surface area contributed by atoms with Crippen molar-refractivity contribution in [1.29, 1.82) is 0 Å². The molecule has 2 N–H and O–H groups in total. The van der Waals surface area contributed by atoms with Gasteiger partial charge in [0.15, 0.2) is 5.11 Å². The van der Waals surface area contributed by atoms with Crippen LogP contribution in [0.3, 0.4) is 0 Å². The maximum Gasteiger partial charge on any atom is 0.257 e. The molecule has 0 atom stereocenters. The Morgan fingerprint density at radius 1 is 1.09 bits per heavy atom. The average Bonchev–Trinajstić information content (AvgIpc) is 2.79. The summed E-state index contributed by atoms with van der Waals surface area (Å²) in [7, 11) is -1.56. The summed E-state index contributed by atoms with van der Waals surface area (Å²) in [5.41, 5.74) is 1.01.